The highest BCUT2D eigenvalue weighted by atomic mass is 32.2. The minimum atomic E-state index is -3.00. The fourth-order valence-corrected chi connectivity index (χ4v) is 4.47. The predicted octanol–water partition coefficient (Wildman–Crippen LogP) is 0.175. The first kappa shape index (κ1) is 18.6. The molecule has 8 nitrogen and oxygen atoms in total. The van der Waals surface area contributed by atoms with Crippen LogP contribution in [0, 0.1) is 6.92 Å². The molecule has 0 radical (unpaired) electrons. The van der Waals surface area contributed by atoms with E-state index in [0.717, 1.165) is 0 Å². The lowest BCUT2D eigenvalue weighted by Gasteiger charge is -2.27. The molecule has 24 heavy (non-hydrogen) atoms. The number of ether oxygens (including phenoxy) is 1. The Labute approximate surface area is 142 Å². The van der Waals surface area contributed by atoms with Crippen LogP contribution in [0.3, 0.4) is 0 Å². The van der Waals surface area contributed by atoms with Gasteiger partial charge in [0.25, 0.3) is 5.91 Å². The van der Waals surface area contributed by atoms with Gasteiger partial charge in [0.15, 0.2) is 9.84 Å². The molecule has 1 aromatic heterocycles. The zero-order chi connectivity index (χ0) is 17.7. The molecule has 1 N–H and O–H groups in total. The van der Waals surface area contributed by atoms with E-state index in [1.165, 1.54) is 0 Å². The molecule has 0 aromatic carbocycles. The van der Waals surface area contributed by atoms with Crippen LogP contribution < -0.4 is 10.2 Å². The molecule has 2 rings (SSSR count). The Morgan fingerprint density at radius 1 is 1.46 bits per heavy atom. The summed E-state index contributed by atoms with van der Waals surface area (Å²) in [6.45, 7) is 5.11. The van der Waals surface area contributed by atoms with Crippen molar-refractivity contribution in [3.05, 3.63) is 17.5 Å². The summed E-state index contributed by atoms with van der Waals surface area (Å²) in [4.78, 5) is 22.8. The zero-order valence-electron chi connectivity index (χ0n) is 14.3. The number of carbonyl (C=O) groups excluding carboxylic acids is 1. The Kier molecular flexibility index (Phi) is 6.11. The van der Waals surface area contributed by atoms with E-state index in [1.54, 1.807) is 20.1 Å². The van der Waals surface area contributed by atoms with Crippen molar-refractivity contribution in [1.29, 1.82) is 0 Å². The Morgan fingerprint density at radius 2 is 2.21 bits per heavy atom. The van der Waals surface area contributed by atoms with Crippen molar-refractivity contribution in [3.63, 3.8) is 0 Å². The molecule has 9 heteroatoms. The van der Waals surface area contributed by atoms with Crippen molar-refractivity contribution >= 4 is 21.7 Å². The van der Waals surface area contributed by atoms with Gasteiger partial charge < -0.3 is 15.0 Å². The fourth-order valence-electron chi connectivity index (χ4n) is 2.74. The number of anilines is 1. The molecule has 1 atom stereocenters. The number of hydrogen-bond acceptors (Lipinski definition) is 7. The molecule has 1 unspecified atom stereocenters. The van der Waals surface area contributed by atoms with Crippen LogP contribution in [0.5, 0.6) is 0 Å². The first-order valence-electron chi connectivity index (χ1n) is 7.96. The standard InChI is InChI=1S/C15H24N4O4S/c1-4-19(12-5-8-24(21,22)10-12)15-17-11(2)9-13(18-15)14(20)16-6-7-23-3/h9,12H,4-8,10H2,1-3H3,(H,16,20). The number of aryl methyl sites for hydroxylation is 1. The summed E-state index contributed by atoms with van der Waals surface area (Å²) < 4.78 is 28.4. The fraction of sp³-hybridized carbons (Fsp3) is 0.667. The minimum Gasteiger partial charge on any atom is -0.383 e. The molecular weight excluding hydrogens is 332 g/mol. The van der Waals surface area contributed by atoms with Crippen LogP contribution in [0.4, 0.5) is 5.95 Å². The van der Waals surface area contributed by atoms with E-state index in [4.69, 9.17) is 4.74 Å². The SMILES string of the molecule is CCN(c1nc(C)cc(C(=O)NCCOC)n1)C1CCS(=O)(=O)C1. The van der Waals surface area contributed by atoms with Crippen LogP contribution in [-0.4, -0.2) is 68.6 Å². The van der Waals surface area contributed by atoms with E-state index in [9.17, 15) is 13.2 Å². The molecule has 1 aliphatic heterocycles. The molecule has 1 saturated heterocycles. The van der Waals surface area contributed by atoms with Gasteiger partial charge in [0, 0.05) is 31.9 Å². The maximum atomic E-state index is 12.2. The normalized spacial score (nSPS) is 19.2. The van der Waals surface area contributed by atoms with Crippen molar-refractivity contribution in [3.8, 4) is 0 Å². The molecule has 0 aliphatic carbocycles. The average Bonchev–Trinajstić information content (AvgIpc) is 2.87. The lowest BCUT2D eigenvalue weighted by atomic mass is 10.2. The first-order chi connectivity index (χ1) is 11.4. The number of sulfone groups is 1. The Balaban J connectivity index is 2.21. The van der Waals surface area contributed by atoms with Crippen molar-refractivity contribution in [1.82, 2.24) is 15.3 Å². The number of amides is 1. The number of rotatable bonds is 7. The van der Waals surface area contributed by atoms with Crippen LogP contribution in [-0.2, 0) is 14.6 Å². The number of methoxy groups -OCH3 is 1. The summed E-state index contributed by atoms with van der Waals surface area (Å²) in [5.74, 6) is 0.392. The molecule has 1 fully saturated rings. The van der Waals surface area contributed by atoms with Gasteiger partial charge in [0.1, 0.15) is 5.69 Å². The second-order valence-corrected chi connectivity index (χ2v) is 8.01. The van der Waals surface area contributed by atoms with E-state index in [-0.39, 0.29) is 29.1 Å². The quantitative estimate of drug-likeness (QED) is 0.695. The first-order valence-corrected chi connectivity index (χ1v) is 9.78. The lowest BCUT2D eigenvalue weighted by molar-refractivity contribution is 0.0932. The Hall–Kier alpha value is -1.74. The van der Waals surface area contributed by atoms with E-state index in [0.29, 0.717) is 37.8 Å². The molecule has 1 aliphatic rings. The van der Waals surface area contributed by atoms with Crippen molar-refractivity contribution in [2.75, 3.05) is 43.2 Å². The molecule has 0 spiro atoms. The topological polar surface area (TPSA) is 101 Å². The highest BCUT2D eigenvalue weighted by Gasteiger charge is 2.33. The summed E-state index contributed by atoms with van der Waals surface area (Å²) in [5.41, 5.74) is 0.934. The van der Waals surface area contributed by atoms with Crippen LogP contribution in [0.25, 0.3) is 0 Å². The second kappa shape index (κ2) is 7.89. The third kappa shape index (κ3) is 4.64. The van der Waals surface area contributed by atoms with E-state index < -0.39 is 9.84 Å². The smallest absolute Gasteiger partial charge is 0.270 e. The summed E-state index contributed by atoms with van der Waals surface area (Å²) in [6.07, 6.45) is 0.558. The lowest BCUT2D eigenvalue weighted by Crippen LogP contribution is -2.38. The summed E-state index contributed by atoms with van der Waals surface area (Å²) >= 11 is 0. The van der Waals surface area contributed by atoms with Crippen LogP contribution in [0.1, 0.15) is 29.5 Å². The minimum absolute atomic E-state index is 0.105. The van der Waals surface area contributed by atoms with Crippen LogP contribution in [0.2, 0.25) is 0 Å². The van der Waals surface area contributed by atoms with Gasteiger partial charge in [-0.15, -0.1) is 0 Å². The van der Waals surface area contributed by atoms with Gasteiger partial charge in [-0.25, -0.2) is 18.4 Å². The van der Waals surface area contributed by atoms with Crippen molar-refractivity contribution in [2.45, 2.75) is 26.3 Å². The van der Waals surface area contributed by atoms with E-state index >= 15 is 0 Å². The van der Waals surface area contributed by atoms with Gasteiger partial charge >= 0.3 is 0 Å². The van der Waals surface area contributed by atoms with Crippen molar-refractivity contribution < 1.29 is 17.9 Å². The third-order valence-electron chi connectivity index (χ3n) is 3.91. The Morgan fingerprint density at radius 3 is 2.79 bits per heavy atom. The number of aromatic nitrogens is 2. The molecule has 1 aromatic rings. The van der Waals surface area contributed by atoms with Gasteiger partial charge in [-0.2, -0.15) is 0 Å². The van der Waals surface area contributed by atoms with E-state index in [2.05, 4.69) is 15.3 Å². The third-order valence-corrected chi connectivity index (χ3v) is 5.66. The zero-order valence-corrected chi connectivity index (χ0v) is 15.1. The van der Waals surface area contributed by atoms with Gasteiger partial charge in [0.2, 0.25) is 5.95 Å². The van der Waals surface area contributed by atoms with Crippen molar-refractivity contribution in [2.24, 2.45) is 0 Å². The number of nitrogens with zero attached hydrogens (tertiary/aromatic N) is 3. The molecular formula is C15H24N4O4S. The van der Waals surface area contributed by atoms with Crippen LogP contribution >= 0.6 is 0 Å². The highest BCUT2D eigenvalue weighted by molar-refractivity contribution is 7.91. The molecule has 0 saturated carbocycles. The predicted molar refractivity (Wildman–Crippen MR) is 91.1 cm³/mol. The maximum Gasteiger partial charge on any atom is 0.270 e. The molecule has 1 amide bonds. The largest absolute Gasteiger partial charge is 0.383 e. The van der Waals surface area contributed by atoms with Gasteiger partial charge in [-0.1, -0.05) is 0 Å². The average molecular weight is 356 g/mol. The number of hydrogen-bond donors (Lipinski definition) is 1. The molecule has 134 valence electrons. The molecule has 2 heterocycles. The van der Waals surface area contributed by atoms with Crippen LogP contribution in [0.15, 0.2) is 6.07 Å². The van der Waals surface area contributed by atoms with Gasteiger partial charge in [-0.3, -0.25) is 4.79 Å². The molecule has 0 bridgehead atoms. The van der Waals surface area contributed by atoms with Gasteiger partial charge in [-0.05, 0) is 26.3 Å². The van der Waals surface area contributed by atoms with E-state index in [1.807, 2.05) is 11.8 Å². The number of nitrogens with one attached hydrogen (secondary N) is 1. The summed E-state index contributed by atoms with van der Waals surface area (Å²) in [6, 6.07) is 1.47. The summed E-state index contributed by atoms with van der Waals surface area (Å²) in [7, 11) is -1.44. The second-order valence-electron chi connectivity index (χ2n) is 5.79. The summed E-state index contributed by atoms with van der Waals surface area (Å²) in [5, 5.41) is 2.73. The highest BCUT2D eigenvalue weighted by Crippen LogP contribution is 2.22. The number of carbonyl (C=O) groups is 1. The van der Waals surface area contributed by atoms with Gasteiger partial charge in [0.05, 0.1) is 18.1 Å². The maximum absolute atomic E-state index is 12.2. The monoisotopic (exact) mass is 356 g/mol. The Bertz CT molecular complexity index is 693.